The molecule has 0 atom stereocenters. The minimum absolute atomic E-state index is 0.174. The summed E-state index contributed by atoms with van der Waals surface area (Å²) in [6.45, 7) is 8.18. The van der Waals surface area contributed by atoms with Crippen molar-refractivity contribution in [1.82, 2.24) is 9.78 Å². The Morgan fingerprint density at radius 3 is 2.56 bits per heavy atom. The van der Waals surface area contributed by atoms with Crippen LogP contribution in [0.1, 0.15) is 44.4 Å². The molecule has 2 aromatic carbocycles. The lowest BCUT2D eigenvalue weighted by Crippen LogP contribution is -2.12. The Hall–Kier alpha value is -3.58. The number of halogens is 2. The maximum Gasteiger partial charge on any atom is 0.291 e. The average Bonchev–Trinajstić information content (AvgIpc) is 3.36. The van der Waals surface area contributed by atoms with Crippen LogP contribution in [0.5, 0.6) is 5.75 Å². The van der Waals surface area contributed by atoms with E-state index in [9.17, 15) is 9.18 Å². The van der Waals surface area contributed by atoms with E-state index in [4.69, 9.17) is 20.8 Å². The summed E-state index contributed by atoms with van der Waals surface area (Å²) in [6, 6.07) is 13.5. The Balaban J connectivity index is 1.44. The van der Waals surface area contributed by atoms with Crippen molar-refractivity contribution >= 4 is 23.2 Å². The van der Waals surface area contributed by atoms with Gasteiger partial charge < -0.3 is 14.5 Å². The van der Waals surface area contributed by atoms with Crippen molar-refractivity contribution in [3.63, 3.8) is 0 Å². The number of hydrogen-bond donors (Lipinski definition) is 1. The van der Waals surface area contributed by atoms with E-state index in [1.54, 1.807) is 29.8 Å². The number of hydrogen-bond acceptors (Lipinski definition) is 4. The SMILES string of the molecule is Cc1cccc(C)c1OCc1ccc(C(=O)Nc2c(C)nn(Cc3ccc(F)cc3Cl)c2C)o1. The van der Waals surface area contributed by atoms with Gasteiger partial charge in [-0.25, -0.2) is 4.39 Å². The number of aromatic nitrogens is 2. The second-order valence-electron chi connectivity index (χ2n) is 8.17. The number of aryl methyl sites for hydroxylation is 3. The van der Waals surface area contributed by atoms with Crippen LogP contribution in [0.25, 0.3) is 0 Å². The van der Waals surface area contributed by atoms with Gasteiger partial charge in [0.2, 0.25) is 0 Å². The number of benzene rings is 2. The highest BCUT2D eigenvalue weighted by Crippen LogP contribution is 2.26. The monoisotopic (exact) mass is 481 g/mol. The van der Waals surface area contributed by atoms with Crippen molar-refractivity contribution in [3.8, 4) is 5.75 Å². The molecule has 0 saturated heterocycles. The number of ether oxygens (including phenoxy) is 1. The highest BCUT2D eigenvalue weighted by atomic mass is 35.5. The zero-order chi connectivity index (χ0) is 24.4. The third kappa shape index (κ3) is 4.99. The summed E-state index contributed by atoms with van der Waals surface area (Å²) < 4.78 is 26.7. The number of rotatable bonds is 7. The second-order valence-corrected chi connectivity index (χ2v) is 8.58. The molecule has 0 aliphatic heterocycles. The van der Waals surface area contributed by atoms with Gasteiger partial charge in [-0.3, -0.25) is 9.48 Å². The molecule has 0 radical (unpaired) electrons. The smallest absolute Gasteiger partial charge is 0.291 e. The van der Waals surface area contributed by atoms with Crippen molar-refractivity contribution in [2.45, 2.75) is 40.8 Å². The first kappa shape index (κ1) is 23.6. The number of nitrogens with zero attached hydrogens (tertiary/aromatic N) is 2. The van der Waals surface area contributed by atoms with Crippen LogP contribution in [0.15, 0.2) is 52.9 Å². The summed E-state index contributed by atoms with van der Waals surface area (Å²) in [5.41, 5.74) is 4.79. The molecule has 0 unspecified atom stereocenters. The van der Waals surface area contributed by atoms with Crippen molar-refractivity contribution in [2.75, 3.05) is 5.32 Å². The molecule has 4 rings (SSSR count). The van der Waals surface area contributed by atoms with Crippen molar-refractivity contribution in [1.29, 1.82) is 0 Å². The lowest BCUT2D eigenvalue weighted by molar-refractivity contribution is 0.0992. The largest absolute Gasteiger partial charge is 0.485 e. The summed E-state index contributed by atoms with van der Waals surface area (Å²) in [4.78, 5) is 12.8. The van der Waals surface area contributed by atoms with E-state index in [1.165, 1.54) is 12.1 Å². The van der Waals surface area contributed by atoms with Crippen LogP contribution in [-0.2, 0) is 13.2 Å². The number of carbonyl (C=O) groups excluding carboxylic acids is 1. The number of anilines is 1. The highest BCUT2D eigenvalue weighted by Gasteiger charge is 2.19. The molecular formula is C26H25ClFN3O3. The first-order valence-corrected chi connectivity index (χ1v) is 11.2. The third-order valence-electron chi connectivity index (χ3n) is 5.61. The molecule has 0 bridgehead atoms. The number of amides is 1. The Kier molecular flexibility index (Phi) is 6.75. The van der Waals surface area contributed by atoms with Crippen LogP contribution in [0, 0.1) is 33.5 Å². The molecule has 0 spiro atoms. The molecule has 0 fully saturated rings. The van der Waals surface area contributed by atoms with Crippen molar-refractivity contribution in [2.24, 2.45) is 0 Å². The van der Waals surface area contributed by atoms with Gasteiger partial charge in [-0.1, -0.05) is 35.9 Å². The van der Waals surface area contributed by atoms with Crippen LogP contribution in [-0.4, -0.2) is 15.7 Å². The Morgan fingerprint density at radius 2 is 1.85 bits per heavy atom. The lowest BCUT2D eigenvalue weighted by atomic mass is 10.1. The fourth-order valence-corrected chi connectivity index (χ4v) is 3.99. The van der Waals surface area contributed by atoms with E-state index in [0.29, 0.717) is 28.7 Å². The van der Waals surface area contributed by atoms with Gasteiger partial charge in [0, 0.05) is 5.02 Å². The van der Waals surface area contributed by atoms with Gasteiger partial charge in [0.05, 0.1) is 23.6 Å². The fraction of sp³-hybridized carbons (Fsp3) is 0.231. The summed E-state index contributed by atoms with van der Waals surface area (Å²) >= 11 is 6.15. The minimum Gasteiger partial charge on any atom is -0.485 e. The molecule has 0 aliphatic carbocycles. The van der Waals surface area contributed by atoms with Crippen LogP contribution in [0.4, 0.5) is 10.1 Å². The van der Waals surface area contributed by atoms with E-state index in [1.807, 2.05) is 39.0 Å². The second kappa shape index (κ2) is 9.73. The summed E-state index contributed by atoms with van der Waals surface area (Å²) in [7, 11) is 0. The number of nitrogens with one attached hydrogen (secondary N) is 1. The fourth-order valence-electron chi connectivity index (χ4n) is 3.77. The minimum atomic E-state index is -0.396. The summed E-state index contributed by atoms with van der Waals surface area (Å²) in [5, 5.41) is 7.70. The van der Waals surface area contributed by atoms with E-state index in [-0.39, 0.29) is 18.3 Å². The molecule has 8 heteroatoms. The molecule has 0 aliphatic rings. The van der Waals surface area contributed by atoms with Crippen molar-refractivity contribution in [3.05, 3.63) is 99.0 Å². The zero-order valence-corrected chi connectivity index (χ0v) is 20.2. The molecule has 1 amide bonds. The van der Waals surface area contributed by atoms with E-state index in [2.05, 4.69) is 10.4 Å². The molecule has 1 N–H and O–H groups in total. The maximum absolute atomic E-state index is 13.3. The van der Waals surface area contributed by atoms with Gasteiger partial charge in [0.1, 0.15) is 23.9 Å². The average molecular weight is 482 g/mol. The number of para-hydroxylation sites is 1. The third-order valence-corrected chi connectivity index (χ3v) is 5.96. The van der Waals surface area contributed by atoms with Crippen LogP contribution >= 0.6 is 11.6 Å². The Morgan fingerprint density at radius 1 is 1.12 bits per heavy atom. The Labute approximate surface area is 202 Å². The molecule has 6 nitrogen and oxygen atoms in total. The predicted octanol–water partition coefficient (Wildman–Crippen LogP) is 6.38. The quantitative estimate of drug-likeness (QED) is 0.332. The van der Waals surface area contributed by atoms with Gasteiger partial charge in [0.15, 0.2) is 5.76 Å². The van der Waals surface area contributed by atoms with Gasteiger partial charge in [0.25, 0.3) is 5.91 Å². The molecule has 2 aromatic heterocycles. The van der Waals surface area contributed by atoms with E-state index < -0.39 is 5.82 Å². The number of carbonyl (C=O) groups is 1. The zero-order valence-electron chi connectivity index (χ0n) is 19.4. The topological polar surface area (TPSA) is 69.3 Å². The first-order valence-electron chi connectivity index (χ1n) is 10.8. The molecule has 4 aromatic rings. The van der Waals surface area contributed by atoms with E-state index in [0.717, 1.165) is 28.1 Å². The predicted molar refractivity (Wildman–Crippen MR) is 129 cm³/mol. The number of furan rings is 1. The standard InChI is InChI=1S/C26H25ClFN3O3/c1-15-6-5-7-16(2)25(15)33-14-21-10-11-23(34-21)26(32)29-24-17(3)30-31(18(24)4)13-19-8-9-20(28)12-22(19)27/h5-12H,13-14H2,1-4H3,(H,29,32). The molecule has 34 heavy (non-hydrogen) atoms. The van der Waals surface area contributed by atoms with Gasteiger partial charge >= 0.3 is 0 Å². The Bertz CT molecular complexity index is 1340. The van der Waals surface area contributed by atoms with E-state index >= 15 is 0 Å². The normalized spacial score (nSPS) is 11.0. The van der Waals surface area contributed by atoms with Gasteiger partial charge in [-0.2, -0.15) is 5.10 Å². The van der Waals surface area contributed by atoms with Crippen LogP contribution in [0.3, 0.4) is 0 Å². The first-order chi connectivity index (χ1) is 16.2. The molecule has 176 valence electrons. The lowest BCUT2D eigenvalue weighted by Gasteiger charge is -2.10. The van der Waals surface area contributed by atoms with Gasteiger partial charge in [-0.15, -0.1) is 0 Å². The maximum atomic E-state index is 13.3. The molecule has 0 saturated carbocycles. The summed E-state index contributed by atoms with van der Waals surface area (Å²) in [6.07, 6.45) is 0. The van der Waals surface area contributed by atoms with Crippen molar-refractivity contribution < 1.29 is 18.3 Å². The van der Waals surface area contributed by atoms with Crippen LogP contribution in [0.2, 0.25) is 5.02 Å². The summed E-state index contributed by atoms with van der Waals surface area (Å²) in [5.74, 6) is 0.747. The molecular weight excluding hydrogens is 457 g/mol. The van der Waals surface area contributed by atoms with Gasteiger partial charge in [-0.05, 0) is 68.7 Å². The highest BCUT2D eigenvalue weighted by molar-refractivity contribution is 6.31. The van der Waals surface area contributed by atoms with Crippen LogP contribution < -0.4 is 10.1 Å². The molecule has 2 heterocycles.